The van der Waals surface area contributed by atoms with E-state index in [1.165, 1.54) is 18.4 Å². The van der Waals surface area contributed by atoms with E-state index < -0.39 is 6.09 Å². The highest BCUT2D eigenvalue weighted by atomic mass is 32.1. The molecule has 0 saturated heterocycles. The topological polar surface area (TPSA) is 71.5 Å². The number of nitrogens with one attached hydrogen (secondary N) is 1. The summed E-state index contributed by atoms with van der Waals surface area (Å²) in [6.07, 6.45) is -0.545. The molecule has 0 atom stereocenters. The van der Waals surface area contributed by atoms with E-state index in [1.807, 2.05) is 0 Å². The molecule has 2 rings (SSSR count). The number of amides is 1. The summed E-state index contributed by atoms with van der Waals surface area (Å²) < 4.78 is 4.90. The summed E-state index contributed by atoms with van der Waals surface area (Å²) in [6.45, 7) is 0. The monoisotopic (exact) mass is 250 g/mol. The Balaban J connectivity index is 2.18. The van der Waals surface area contributed by atoms with E-state index in [0.717, 1.165) is 5.56 Å². The Morgan fingerprint density at radius 2 is 2.12 bits per heavy atom. The molecular formula is C11H10N2O3S. The molecule has 0 aliphatic heterocycles. The number of aromatic hydroxyl groups is 1. The third-order valence-electron chi connectivity index (χ3n) is 2.03. The predicted molar refractivity (Wildman–Crippen MR) is 64.3 cm³/mol. The van der Waals surface area contributed by atoms with Gasteiger partial charge in [-0.3, -0.25) is 0 Å². The van der Waals surface area contributed by atoms with Crippen molar-refractivity contribution in [2.24, 2.45) is 0 Å². The van der Waals surface area contributed by atoms with Crippen LogP contribution in [0, 0.1) is 0 Å². The zero-order valence-electron chi connectivity index (χ0n) is 9.01. The van der Waals surface area contributed by atoms with Crippen molar-refractivity contribution in [3.05, 3.63) is 29.6 Å². The van der Waals surface area contributed by atoms with E-state index in [-0.39, 0.29) is 10.9 Å². The molecular weight excluding hydrogens is 240 g/mol. The summed E-state index contributed by atoms with van der Waals surface area (Å²) in [4.78, 5) is 15.1. The number of carbonyl (C=O) groups excluding carboxylic acids is 1. The fourth-order valence-electron chi connectivity index (χ4n) is 1.20. The molecule has 5 nitrogen and oxygen atoms in total. The second kappa shape index (κ2) is 4.84. The molecule has 0 spiro atoms. The van der Waals surface area contributed by atoms with E-state index in [1.54, 1.807) is 29.6 Å². The summed E-state index contributed by atoms with van der Waals surface area (Å²) in [5, 5.41) is 13.6. The smallest absolute Gasteiger partial charge is 0.414 e. The maximum atomic E-state index is 11.0. The number of phenolic OH excluding ortho intramolecular Hbond substituents is 1. The molecule has 0 fully saturated rings. The number of benzene rings is 1. The molecule has 1 aromatic carbocycles. The lowest BCUT2D eigenvalue weighted by Crippen LogP contribution is -2.21. The van der Waals surface area contributed by atoms with E-state index in [9.17, 15) is 4.79 Å². The van der Waals surface area contributed by atoms with Crippen LogP contribution in [0.3, 0.4) is 0 Å². The molecule has 0 saturated carbocycles. The molecule has 1 aromatic heterocycles. The van der Waals surface area contributed by atoms with Gasteiger partial charge in [0, 0.05) is 18.0 Å². The van der Waals surface area contributed by atoms with Crippen LogP contribution in [0.25, 0.3) is 11.3 Å². The van der Waals surface area contributed by atoms with Gasteiger partial charge in [-0.25, -0.2) is 9.78 Å². The molecule has 1 amide bonds. The Bertz CT molecular complexity index is 522. The summed E-state index contributed by atoms with van der Waals surface area (Å²) in [6, 6.07) is 6.64. The van der Waals surface area contributed by atoms with Crippen molar-refractivity contribution in [3.8, 4) is 22.2 Å². The molecule has 1 heterocycles. The van der Waals surface area contributed by atoms with Gasteiger partial charge in [-0.2, -0.15) is 0 Å². The number of phenols is 1. The zero-order valence-corrected chi connectivity index (χ0v) is 9.82. The first-order valence-corrected chi connectivity index (χ1v) is 5.71. The van der Waals surface area contributed by atoms with Gasteiger partial charge < -0.3 is 15.2 Å². The van der Waals surface area contributed by atoms with E-state index >= 15 is 0 Å². The number of ether oxygens (including phenoxy) is 1. The lowest BCUT2D eigenvalue weighted by molar-refractivity contribution is 0.203. The Labute approximate surface area is 102 Å². The maximum absolute atomic E-state index is 11.0. The van der Waals surface area contributed by atoms with Crippen molar-refractivity contribution in [2.75, 3.05) is 7.05 Å². The van der Waals surface area contributed by atoms with Crippen LogP contribution in [-0.4, -0.2) is 23.2 Å². The molecule has 88 valence electrons. The number of carbonyl (C=O) groups is 1. The van der Waals surface area contributed by atoms with Crippen LogP contribution in [0.1, 0.15) is 0 Å². The number of thiazole rings is 1. The van der Waals surface area contributed by atoms with Crippen molar-refractivity contribution in [1.82, 2.24) is 10.3 Å². The number of nitrogens with zero attached hydrogens (tertiary/aromatic N) is 1. The van der Waals surface area contributed by atoms with Crippen molar-refractivity contribution < 1.29 is 14.6 Å². The van der Waals surface area contributed by atoms with Crippen LogP contribution in [0.4, 0.5) is 4.79 Å². The van der Waals surface area contributed by atoms with Crippen molar-refractivity contribution >= 4 is 17.4 Å². The standard InChI is InChI=1S/C11H10N2O3S/c1-12-10(15)16-11-13-9(6-17-11)7-2-4-8(14)5-3-7/h2-6,14H,1H3,(H,12,15). The number of aromatic nitrogens is 1. The van der Waals surface area contributed by atoms with Gasteiger partial charge in [0.25, 0.3) is 5.19 Å². The molecule has 17 heavy (non-hydrogen) atoms. The maximum Gasteiger partial charge on any atom is 0.414 e. The molecule has 0 aliphatic carbocycles. The highest BCUT2D eigenvalue weighted by Crippen LogP contribution is 2.27. The van der Waals surface area contributed by atoms with Gasteiger partial charge in [0.05, 0.1) is 5.69 Å². The van der Waals surface area contributed by atoms with E-state index in [4.69, 9.17) is 9.84 Å². The third kappa shape index (κ3) is 2.73. The Morgan fingerprint density at radius 3 is 2.76 bits per heavy atom. The van der Waals surface area contributed by atoms with Crippen molar-refractivity contribution in [3.63, 3.8) is 0 Å². The zero-order chi connectivity index (χ0) is 12.3. The molecule has 0 radical (unpaired) electrons. The number of hydrogen-bond donors (Lipinski definition) is 2. The first-order chi connectivity index (χ1) is 8.19. The van der Waals surface area contributed by atoms with Gasteiger partial charge in [-0.05, 0) is 24.3 Å². The van der Waals surface area contributed by atoms with E-state index in [2.05, 4.69) is 10.3 Å². The van der Waals surface area contributed by atoms with Crippen LogP contribution in [0.15, 0.2) is 29.6 Å². The molecule has 2 N–H and O–H groups in total. The van der Waals surface area contributed by atoms with Gasteiger partial charge in [-0.1, -0.05) is 11.3 Å². The number of hydrogen-bond acceptors (Lipinski definition) is 5. The minimum absolute atomic E-state index is 0.200. The lowest BCUT2D eigenvalue weighted by Gasteiger charge is -1.98. The average Bonchev–Trinajstić information content (AvgIpc) is 2.78. The van der Waals surface area contributed by atoms with Crippen LogP contribution in [-0.2, 0) is 0 Å². The van der Waals surface area contributed by atoms with Crippen LogP contribution < -0.4 is 10.1 Å². The molecule has 0 bridgehead atoms. The summed E-state index contributed by atoms with van der Waals surface area (Å²) in [5.74, 6) is 0.200. The van der Waals surface area contributed by atoms with Gasteiger partial charge in [0.1, 0.15) is 5.75 Å². The van der Waals surface area contributed by atoms with Crippen molar-refractivity contribution in [1.29, 1.82) is 0 Å². The van der Waals surface area contributed by atoms with Gasteiger partial charge in [0.15, 0.2) is 0 Å². The van der Waals surface area contributed by atoms with Gasteiger partial charge in [-0.15, -0.1) is 0 Å². The first kappa shape index (κ1) is 11.4. The molecule has 0 aliphatic rings. The summed E-state index contributed by atoms with van der Waals surface area (Å²) >= 11 is 1.24. The fourth-order valence-corrected chi connectivity index (χ4v) is 1.88. The Hall–Kier alpha value is -2.08. The average molecular weight is 250 g/mol. The quantitative estimate of drug-likeness (QED) is 0.857. The third-order valence-corrected chi connectivity index (χ3v) is 2.75. The second-order valence-electron chi connectivity index (χ2n) is 3.19. The Kier molecular flexibility index (Phi) is 3.24. The first-order valence-electron chi connectivity index (χ1n) is 4.83. The normalized spacial score (nSPS) is 9.94. The van der Waals surface area contributed by atoms with Crippen LogP contribution in [0.2, 0.25) is 0 Å². The minimum atomic E-state index is -0.545. The molecule has 2 aromatic rings. The van der Waals surface area contributed by atoms with Gasteiger partial charge in [0.2, 0.25) is 0 Å². The highest BCUT2D eigenvalue weighted by molar-refractivity contribution is 7.11. The fraction of sp³-hybridized carbons (Fsp3) is 0.0909. The molecule has 6 heteroatoms. The van der Waals surface area contributed by atoms with E-state index in [0.29, 0.717) is 5.69 Å². The number of rotatable bonds is 2. The van der Waals surface area contributed by atoms with Gasteiger partial charge >= 0.3 is 6.09 Å². The highest BCUT2D eigenvalue weighted by Gasteiger charge is 2.08. The van der Waals surface area contributed by atoms with Crippen LogP contribution in [0.5, 0.6) is 10.9 Å². The summed E-state index contributed by atoms with van der Waals surface area (Å²) in [5.41, 5.74) is 1.56. The largest absolute Gasteiger partial charge is 0.508 e. The van der Waals surface area contributed by atoms with Crippen LogP contribution >= 0.6 is 11.3 Å². The summed E-state index contributed by atoms with van der Waals surface area (Å²) in [7, 11) is 1.48. The Morgan fingerprint density at radius 1 is 1.41 bits per heavy atom. The van der Waals surface area contributed by atoms with Crippen molar-refractivity contribution in [2.45, 2.75) is 0 Å². The lowest BCUT2D eigenvalue weighted by atomic mass is 10.2. The minimum Gasteiger partial charge on any atom is -0.508 e. The SMILES string of the molecule is CNC(=O)Oc1nc(-c2ccc(O)cc2)cs1. The second-order valence-corrected chi connectivity index (χ2v) is 4.01. The molecule has 0 unspecified atom stereocenters. The predicted octanol–water partition coefficient (Wildman–Crippen LogP) is 2.23.